The number of aromatic nitrogens is 5. The Balaban J connectivity index is 1.34. The molecule has 1 N–H and O–H groups in total. The van der Waals surface area contributed by atoms with Crippen molar-refractivity contribution in [3.63, 3.8) is 0 Å². The lowest BCUT2D eigenvalue weighted by Gasteiger charge is -2.27. The molecule has 4 aromatic rings. The van der Waals surface area contributed by atoms with Crippen molar-refractivity contribution in [2.75, 3.05) is 26.0 Å². The van der Waals surface area contributed by atoms with Gasteiger partial charge in [-0.2, -0.15) is 5.10 Å². The second-order valence-corrected chi connectivity index (χ2v) is 13.3. The van der Waals surface area contributed by atoms with E-state index in [1.807, 2.05) is 40.1 Å². The van der Waals surface area contributed by atoms with Crippen LogP contribution in [-0.2, 0) is 16.1 Å². The summed E-state index contributed by atoms with van der Waals surface area (Å²) in [7, 11) is 3.96. The Morgan fingerprint density at radius 1 is 1.07 bits per heavy atom. The molecule has 1 aliphatic carbocycles. The lowest BCUT2D eigenvalue weighted by atomic mass is 9.98. The van der Waals surface area contributed by atoms with Crippen molar-refractivity contribution in [2.24, 2.45) is 5.41 Å². The van der Waals surface area contributed by atoms with Crippen LogP contribution in [0.15, 0.2) is 35.2 Å². The molecule has 3 atom stereocenters. The molecule has 3 aromatic heterocycles. The number of fused-ring (bicyclic) bond motifs is 2. The number of halogens is 2. The van der Waals surface area contributed by atoms with E-state index in [0.29, 0.717) is 28.7 Å². The number of nitrogens with zero attached hydrogens (tertiary/aromatic N) is 7. The van der Waals surface area contributed by atoms with Crippen LogP contribution in [0, 0.1) is 32.0 Å². The molecule has 0 bridgehead atoms. The zero-order valence-electron chi connectivity index (χ0n) is 26.0. The molecular weight excluding hydrogens is 643 g/mol. The Kier molecular flexibility index (Phi) is 7.80. The molecule has 1 unspecified atom stereocenters. The quantitative estimate of drug-likeness (QED) is 0.214. The number of amides is 2. The van der Waals surface area contributed by atoms with Crippen molar-refractivity contribution in [3.05, 3.63) is 63.7 Å². The molecular formula is C32H34BrFN8O3. The minimum absolute atomic E-state index is 0.00468. The van der Waals surface area contributed by atoms with Crippen LogP contribution in [0.3, 0.4) is 0 Å². The van der Waals surface area contributed by atoms with Crippen molar-refractivity contribution in [1.82, 2.24) is 34.5 Å². The third kappa shape index (κ3) is 5.63. The highest BCUT2D eigenvalue weighted by molar-refractivity contribution is 9.10. The third-order valence-electron chi connectivity index (χ3n) is 8.77. The Bertz CT molecular complexity index is 1870. The van der Waals surface area contributed by atoms with Gasteiger partial charge in [0.05, 0.1) is 5.52 Å². The molecule has 0 radical (unpaired) electrons. The number of pyridine rings is 1. The second-order valence-electron chi connectivity index (χ2n) is 12.5. The SMILES string of the molecule is CC(=O)c1nn(CC(=O)N2C3C[C@]3(CN(C)C)C[C@H]2C(=O)Nc2nc(Br)c(F)cc2C)c2c(C)cc(-c3cnc(C)nc3)cc12. The van der Waals surface area contributed by atoms with Crippen LogP contribution in [0.2, 0.25) is 0 Å². The van der Waals surface area contributed by atoms with Crippen LogP contribution in [0.5, 0.6) is 0 Å². The lowest BCUT2D eigenvalue weighted by molar-refractivity contribution is -0.138. The van der Waals surface area contributed by atoms with Gasteiger partial charge in [0.2, 0.25) is 11.8 Å². The normalized spacial score (nSPS) is 20.5. The number of hydrogen-bond donors (Lipinski definition) is 1. The standard InChI is InChI=1S/C32H34BrFN8O3/c1-16-7-20(21-12-35-19(4)36-13-21)9-22-27(18(3)43)39-41(28(16)22)14-26(44)42-24(10-32(11-25(32)42)15-40(5)6)31(45)38-30-17(2)8-23(34)29(33)37-30/h7-9,12-13,24-25H,10-11,14-15H2,1-6H3,(H,37,38,45)/t24-,25?,32-/m0/s1. The van der Waals surface area contributed by atoms with Crippen molar-refractivity contribution in [2.45, 2.75) is 59.2 Å². The zero-order valence-corrected chi connectivity index (χ0v) is 27.6. The highest BCUT2D eigenvalue weighted by atomic mass is 79.9. The van der Waals surface area contributed by atoms with E-state index in [2.05, 4.69) is 46.2 Å². The van der Waals surface area contributed by atoms with Gasteiger partial charge >= 0.3 is 0 Å². The molecule has 1 aliphatic heterocycles. The molecule has 1 saturated heterocycles. The molecule has 2 fully saturated rings. The summed E-state index contributed by atoms with van der Waals surface area (Å²) in [6.07, 6.45) is 4.76. The summed E-state index contributed by atoms with van der Waals surface area (Å²) in [5.74, 6) is -0.500. The number of anilines is 1. The lowest BCUT2D eigenvalue weighted by Crippen LogP contribution is -2.47. The summed E-state index contributed by atoms with van der Waals surface area (Å²) in [5.41, 5.74) is 3.69. The minimum atomic E-state index is -0.746. The highest BCUT2D eigenvalue weighted by Gasteiger charge is 2.67. The first-order chi connectivity index (χ1) is 21.3. The number of aryl methyl sites for hydroxylation is 3. The van der Waals surface area contributed by atoms with E-state index in [0.717, 1.165) is 29.7 Å². The van der Waals surface area contributed by atoms with Gasteiger partial charge in [0, 0.05) is 48.3 Å². The molecule has 1 aromatic carbocycles. The number of likely N-dealkylation sites (tertiary alicyclic amines) is 1. The number of hydrogen-bond acceptors (Lipinski definition) is 8. The van der Waals surface area contributed by atoms with Gasteiger partial charge in [-0.15, -0.1) is 0 Å². The summed E-state index contributed by atoms with van der Waals surface area (Å²) < 4.78 is 15.6. The van der Waals surface area contributed by atoms with E-state index in [9.17, 15) is 18.8 Å². The van der Waals surface area contributed by atoms with Gasteiger partial charge in [0.25, 0.3) is 0 Å². The molecule has 13 heteroatoms. The van der Waals surface area contributed by atoms with Gasteiger partial charge in [-0.1, -0.05) is 0 Å². The van der Waals surface area contributed by atoms with Gasteiger partial charge in [-0.3, -0.25) is 19.1 Å². The number of carbonyl (C=O) groups excluding carboxylic acids is 3. The molecule has 0 spiro atoms. The molecule has 2 amide bonds. The van der Waals surface area contributed by atoms with Crippen LogP contribution >= 0.6 is 15.9 Å². The monoisotopic (exact) mass is 676 g/mol. The minimum Gasteiger partial charge on any atom is -0.325 e. The summed E-state index contributed by atoms with van der Waals surface area (Å²) in [6, 6.07) is 4.29. The van der Waals surface area contributed by atoms with Crippen molar-refractivity contribution >= 4 is 50.2 Å². The number of carbonyl (C=O) groups is 3. The number of rotatable bonds is 8. The maximum Gasteiger partial charge on any atom is 0.248 e. The number of piperidine rings is 1. The summed E-state index contributed by atoms with van der Waals surface area (Å²) in [6.45, 7) is 7.43. The molecule has 45 heavy (non-hydrogen) atoms. The Labute approximate surface area is 268 Å². The number of nitrogens with one attached hydrogen (secondary N) is 1. The zero-order chi connectivity index (χ0) is 32.4. The molecule has 2 aliphatic rings. The molecule has 1 saturated carbocycles. The molecule has 6 rings (SSSR count). The summed E-state index contributed by atoms with van der Waals surface area (Å²) >= 11 is 3.09. The van der Waals surface area contributed by atoms with E-state index in [1.165, 1.54) is 13.0 Å². The molecule has 234 valence electrons. The van der Waals surface area contributed by atoms with Crippen LogP contribution in [0.25, 0.3) is 22.0 Å². The Morgan fingerprint density at radius 2 is 1.78 bits per heavy atom. The molecule has 11 nitrogen and oxygen atoms in total. The highest BCUT2D eigenvalue weighted by Crippen LogP contribution is 2.60. The van der Waals surface area contributed by atoms with Gasteiger partial charge in [-0.25, -0.2) is 19.3 Å². The topological polar surface area (TPSA) is 126 Å². The van der Waals surface area contributed by atoms with Crippen molar-refractivity contribution < 1.29 is 18.8 Å². The fourth-order valence-electron chi connectivity index (χ4n) is 6.77. The maximum absolute atomic E-state index is 14.2. The van der Waals surface area contributed by atoms with Crippen molar-refractivity contribution in [1.29, 1.82) is 0 Å². The van der Waals surface area contributed by atoms with E-state index in [1.54, 1.807) is 28.9 Å². The number of benzene rings is 1. The van der Waals surface area contributed by atoms with Gasteiger partial charge < -0.3 is 15.1 Å². The molecule has 4 heterocycles. The Morgan fingerprint density at radius 3 is 2.44 bits per heavy atom. The van der Waals surface area contributed by atoms with Gasteiger partial charge in [-0.05, 0) is 98.5 Å². The first kappa shape index (κ1) is 30.9. The average Bonchev–Trinajstić information content (AvgIpc) is 3.34. The fourth-order valence-corrected chi connectivity index (χ4v) is 7.07. The van der Waals surface area contributed by atoms with E-state index < -0.39 is 11.9 Å². The van der Waals surface area contributed by atoms with Crippen LogP contribution < -0.4 is 5.32 Å². The average molecular weight is 678 g/mol. The number of ketones is 1. The maximum atomic E-state index is 14.2. The second kappa shape index (κ2) is 11.4. The first-order valence-corrected chi connectivity index (χ1v) is 15.5. The number of Topliss-reactive ketones (excluding diaryl/α,β-unsaturated/α-hetero) is 1. The van der Waals surface area contributed by atoms with Crippen LogP contribution in [0.4, 0.5) is 10.2 Å². The summed E-state index contributed by atoms with van der Waals surface area (Å²) in [5, 5.41) is 8.08. The Hall–Kier alpha value is -4.10. The van der Waals surface area contributed by atoms with Crippen LogP contribution in [0.1, 0.15) is 47.2 Å². The first-order valence-electron chi connectivity index (χ1n) is 14.7. The van der Waals surface area contributed by atoms with E-state index in [-0.39, 0.29) is 51.7 Å². The van der Waals surface area contributed by atoms with Crippen molar-refractivity contribution in [3.8, 4) is 11.1 Å². The van der Waals surface area contributed by atoms with Crippen LogP contribution in [-0.4, -0.2) is 84.9 Å². The third-order valence-corrected chi connectivity index (χ3v) is 9.33. The predicted molar refractivity (Wildman–Crippen MR) is 170 cm³/mol. The largest absolute Gasteiger partial charge is 0.325 e. The predicted octanol–water partition coefficient (Wildman–Crippen LogP) is 4.48. The fraction of sp³-hybridized carbons (Fsp3) is 0.406. The van der Waals surface area contributed by atoms with Gasteiger partial charge in [0.15, 0.2) is 11.6 Å². The summed E-state index contributed by atoms with van der Waals surface area (Å²) in [4.78, 5) is 57.1. The van der Waals surface area contributed by atoms with Gasteiger partial charge in [0.1, 0.15) is 34.5 Å². The van der Waals surface area contributed by atoms with E-state index >= 15 is 0 Å². The smallest absolute Gasteiger partial charge is 0.248 e. The van der Waals surface area contributed by atoms with E-state index in [4.69, 9.17) is 0 Å².